The summed E-state index contributed by atoms with van der Waals surface area (Å²) in [6.07, 6.45) is 0. The Morgan fingerprint density at radius 2 is 0.621 bits per heavy atom. The molecule has 0 aromatic heterocycles. The number of phosphoric ester groups is 1. The van der Waals surface area contributed by atoms with Gasteiger partial charge in [0.2, 0.25) is 0 Å². The first kappa shape index (κ1) is 28.8. The Morgan fingerprint density at radius 3 is 0.759 bits per heavy atom. The van der Waals surface area contributed by atoms with E-state index in [1.807, 2.05) is 0 Å². The minimum absolute atomic E-state index is 0.706. The van der Waals surface area contributed by atoms with Gasteiger partial charge >= 0.3 is 7.82 Å². The third-order valence-electron chi connectivity index (χ3n) is 4.61. The van der Waals surface area contributed by atoms with E-state index in [-0.39, 0.29) is 0 Å². The van der Waals surface area contributed by atoms with Gasteiger partial charge in [0.25, 0.3) is 0 Å². The first-order chi connectivity index (χ1) is 13.7. The van der Waals surface area contributed by atoms with Crippen LogP contribution in [-0.4, -0.2) is 125 Å². The Morgan fingerprint density at radius 1 is 0.448 bits per heavy atom. The van der Waals surface area contributed by atoms with Crippen LogP contribution in [0.1, 0.15) is 0 Å². The van der Waals surface area contributed by atoms with Crippen molar-refractivity contribution in [2.45, 2.75) is 0 Å². The highest BCUT2D eigenvalue weighted by Crippen LogP contribution is 2.52. The SMILES string of the molecule is O=P(OCC(CO)(CO)CO)(OCC(CO)(CO)CO)OCC(CO)(CO)CO. The molecule has 0 aromatic rings. The molecule has 176 valence electrons. The maximum atomic E-state index is 13.0. The molecule has 9 N–H and O–H groups in total. The number of aliphatic hydroxyl groups excluding tert-OH is 9. The number of rotatable bonds is 18. The summed E-state index contributed by atoms with van der Waals surface area (Å²) in [5.41, 5.74) is -4.81. The largest absolute Gasteiger partial charge is 0.474 e. The van der Waals surface area contributed by atoms with Crippen molar-refractivity contribution in [1.29, 1.82) is 0 Å². The standard InChI is InChI=1S/C15H33O13P/c16-1-13(2-17,3-18)10-26-29(25,27-11-14(4-19,5-20)6-21)28-12-15(7-22,8-23)9-24/h16-24H,1-12H2. The second kappa shape index (κ2) is 13.2. The number of phosphoric acid groups is 1. The lowest BCUT2D eigenvalue weighted by Gasteiger charge is -2.33. The van der Waals surface area contributed by atoms with Gasteiger partial charge in [-0.1, -0.05) is 0 Å². The van der Waals surface area contributed by atoms with Crippen molar-refractivity contribution < 1.29 is 64.1 Å². The van der Waals surface area contributed by atoms with E-state index in [1.54, 1.807) is 0 Å². The second-order valence-electron chi connectivity index (χ2n) is 7.19. The molecule has 13 nitrogen and oxygen atoms in total. The molecule has 0 bridgehead atoms. The molecular formula is C15H33O13P. The zero-order valence-corrected chi connectivity index (χ0v) is 17.0. The van der Waals surface area contributed by atoms with Gasteiger partial charge < -0.3 is 46.0 Å². The van der Waals surface area contributed by atoms with E-state index >= 15 is 0 Å². The monoisotopic (exact) mass is 452 g/mol. The predicted octanol–water partition coefficient (Wildman–Crippen LogP) is -3.97. The van der Waals surface area contributed by atoms with Crippen LogP contribution in [0.25, 0.3) is 0 Å². The van der Waals surface area contributed by atoms with Gasteiger partial charge in [-0.2, -0.15) is 0 Å². The third-order valence-corrected chi connectivity index (χ3v) is 5.94. The minimum Gasteiger partial charge on any atom is -0.396 e. The van der Waals surface area contributed by atoms with E-state index < -0.39 is 103 Å². The number of hydrogen-bond acceptors (Lipinski definition) is 13. The highest BCUT2D eigenvalue weighted by atomic mass is 31.2. The van der Waals surface area contributed by atoms with Gasteiger partial charge in [-0.15, -0.1) is 0 Å². The fraction of sp³-hybridized carbons (Fsp3) is 1.00. The first-order valence-corrected chi connectivity index (χ1v) is 10.1. The highest BCUT2D eigenvalue weighted by Gasteiger charge is 2.41. The average molecular weight is 452 g/mol. The van der Waals surface area contributed by atoms with Crippen molar-refractivity contribution in [2.75, 3.05) is 79.3 Å². The average Bonchev–Trinajstić information content (AvgIpc) is 2.78. The Hall–Kier alpha value is -0.250. The summed E-state index contributed by atoms with van der Waals surface area (Å²) in [7, 11) is -4.63. The molecule has 0 rings (SSSR count). The summed E-state index contributed by atoms with van der Waals surface area (Å²) in [6, 6.07) is 0. The van der Waals surface area contributed by atoms with Gasteiger partial charge in [0.1, 0.15) is 0 Å². The van der Waals surface area contributed by atoms with Crippen molar-refractivity contribution in [3.05, 3.63) is 0 Å². The molecule has 0 aliphatic rings. The normalized spacial score (nSPS) is 13.8. The van der Waals surface area contributed by atoms with Gasteiger partial charge in [0.05, 0.1) is 95.5 Å². The van der Waals surface area contributed by atoms with Crippen molar-refractivity contribution >= 4 is 7.82 Å². The molecule has 0 amide bonds. The van der Waals surface area contributed by atoms with Crippen LogP contribution < -0.4 is 0 Å². The molecule has 0 saturated heterocycles. The van der Waals surface area contributed by atoms with E-state index in [9.17, 15) is 50.5 Å². The molecule has 29 heavy (non-hydrogen) atoms. The van der Waals surface area contributed by atoms with Crippen molar-refractivity contribution in [2.24, 2.45) is 16.2 Å². The van der Waals surface area contributed by atoms with Crippen LogP contribution in [0.3, 0.4) is 0 Å². The van der Waals surface area contributed by atoms with E-state index in [0.29, 0.717) is 0 Å². The second-order valence-corrected chi connectivity index (χ2v) is 8.86. The topological polar surface area (TPSA) is 227 Å². The zero-order chi connectivity index (χ0) is 22.6. The van der Waals surface area contributed by atoms with Crippen molar-refractivity contribution in [3.8, 4) is 0 Å². The smallest absolute Gasteiger partial charge is 0.396 e. The third kappa shape index (κ3) is 8.07. The summed E-state index contributed by atoms with van der Waals surface area (Å²) in [6.45, 7) is -8.85. The van der Waals surface area contributed by atoms with Crippen LogP contribution >= 0.6 is 7.82 Å². The molecule has 0 fully saturated rings. The fourth-order valence-corrected chi connectivity index (χ4v) is 3.14. The van der Waals surface area contributed by atoms with Crippen LogP contribution in [0.5, 0.6) is 0 Å². The number of hydrogen-bond donors (Lipinski definition) is 9. The van der Waals surface area contributed by atoms with Crippen LogP contribution in [0.2, 0.25) is 0 Å². The van der Waals surface area contributed by atoms with Crippen LogP contribution in [0.15, 0.2) is 0 Å². The highest BCUT2D eigenvalue weighted by molar-refractivity contribution is 7.48. The molecule has 0 radical (unpaired) electrons. The lowest BCUT2D eigenvalue weighted by atomic mass is 9.93. The van der Waals surface area contributed by atoms with Gasteiger partial charge in [-0.3, -0.25) is 13.6 Å². The van der Waals surface area contributed by atoms with E-state index in [2.05, 4.69) is 0 Å². The summed E-state index contributed by atoms with van der Waals surface area (Å²) in [5.74, 6) is 0. The molecule has 14 heteroatoms. The van der Waals surface area contributed by atoms with Gasteiger partial charge in [-0.25, -0.2) is 4.57 Å². The molecule has 0 aromatic carbocycles. The number of aliphatic hydroxyl groups is 9. The molecule has 0 atom stereocenters. The molecule has 0 heterocycles. The fourth-order valence-electron chi connectivity index (χ4n) is 1.62. The van der Waals surface area contributed by atoms with Crippen LogP contribution in [-0.2, 0) is 18.1 Å². The molecule has 0 saturated carbocycles. The zero-order valence-electron chi connectivity index (χ0n) is 16.1. The Kier molecular flexibility index (Phi) is 13.1. The molecular weight excluding hydrogens is 419 g/mol. The van der Waals surface area contributed by atoms with Gasteiger partial charge in [0.15, 0.2) is 0 Å². The quantitative estimate of drug-likeness (QED) is 0.0905. The summed E-state index contributed by atoms with van der Waals surface area (Å²) < 4.78 is 28.2. The minimum atomic E-state index is -4.63. The maximum Gasteiger partial charge on any atom is 0.474 e. The van der Waals surface area contributed by atoms with Crippen molar-refractivity contribution in [3.63, 3.8) is 0 Å². The van der Waals surface area contributed by atoms with E-state index in [0.717, 1.165) is 0 Å². The van der Waals surface area contributed by atoms with Crippen molar-refractivity contribution in [1.82, 2.24) is 0 Å². The first-order valence-electron chi connectivity index (χ1n) is 8.69. The molecule has 0 unspecified atom stereocenters. The predicted molar refractivity (Wildman–Crippen MR) is 96.5 cm³/mol. The van der Waals surface area contributed by atoms with Crippen LogP contribution in [0, 0.1) is 16.2 Å². The lowest BCUT2D eigenvalue weighted by molar-refractivity contribution is -0.0668. The van der Waals surface area contributed by atoms with E-state index in [4.69, 9.17) is 13.6 Å². The molecule has 0 aliphatic carbocycles. The Balaban J connectivity index is 5.53. The summed E-state index contributed by atoms with van der Waals surface area (Å²) >= 11 is 0. The van der Waals surface area contributed by atoms with Gasteiger partial charge in [-0.05, 0) is 0 Å². The van der Waals surface area contributed by atoms with E-state index in [1.165, 1.54) is 0 Å². The summed E-state index contributed by atoms with van der Waals surface area (Å²) in [4.78, 5) is 0. The van der Waals surface area contributed by atoms with Gasteiger partial charge in [0, 0.05) is 0 Å². The van der Waals surface area contributed by atoms with Crippen LogP contribution in [0.4, 0.5) is 0 Å². The lowest BCUT2D eigenvalue weighted by Crippen LogP contribution is -2.41. The molecule has 0 aliphatic heterocycles. The Bertz CT molecular complexity index is 385. The Labute approximate surface area is 168 Å². The maximum absolute atomic E-state index is 13.0. The summed E-state index contributed by atoms with van der Waals surface area (Å²) in [5, 5.41) is 84.2. The molecule has 0 spiro atoms.